The number of anilines is 2. The number of nitrogens with zero attached hydrogens (tertiary/aromatic N) is 3. The summed E-state index contributed by atoms with van der Waals surface area (Å²) in [6.07, 6.45) is 0.589. The van der Waals surface area contributed by atoms with E-state index >= 15 is 0 Å². The van der Waals surface area contributed by atoms with Crippen LogP contribution < -0.4 is 10.6 Å². The summed E-state index contributed by atoms with van der Waals surface area (Å²) in [5.41, 5.74) is 8.15. The first kappa shape index (κ1) is 18.3. The van der Waals surface area contributed by atoms with Gasteiger partial charge in [0.2, 0.25) is 0 Å². The zero-order valence-electron chi connectivity index (χ0n) is 15.8. The predicted molar refractivity (Wildman–Crippen MR) is 110 cm³/mol. The predicted octanol–water partition coefficient (Wildman–Crippen LogP) is 3.17. The van der Waals surface area contributed by atoms with E-state index in [1.54, 1.807) is 18.2 Å². The summed E-state index contributed by atoms with van der Waals surface area (Å²) in [6.45, 7) is 3.33. The van der Waals surface area contributed by atoms with Gasteiger partial charge in [0.25, 0.3) is 0 Å². The smallest absolute Gasteiger partial charge is 0.169 e. The Labute approximate surface area is 164 Å². The monoisotopic (exact) mass is 376 g/mol. The molecule has 3 aromatic rings. The fourth-order valence-electron chi connectivity index (χ4n) is 3.97. The van der Waals surface area contributed by atoms with Crippen molar-refractivity contribution >= 4 is 11.5 Å². The van der Waals surface area contributed by atoms with Crippen molar-refractivity contribution in [1.29, 1.82) is 0 Å². The minimum atomic E-state index is -0.868. The van der Waals surface area contributed by atoms with Crippen LogP contribution in [0.2, 0.25) is 0 Å². The lowest BCUT2D eigenvalue weighted by atomic mass is 9.77. The maximum Gasteiger partial charge on any atom is 0.169 e. The first-order valence-corrected chi connectivity index (χ1v) is 9.43. The number of nitrogens with two attached hydrogens (primary N) is 1. The standard InChI is InChI=1S/C22H24N4O2/c1-15-14-26(12-11-22(15,28)16-7-3-2-4-8-16)19-13-18(24-25-21(19)23)17-9-5-6-10-20(17)27/h2-10,13,15,27-28H,11-12,14H2,1H3,(H2,23,25). The van der Waals surface area contributed by atoms with Crippen LogP contribution in [0.15, 0.2) is 60.7 Å². The van der Waals surface area contributed by atoms with E-state index in [0.29, 0.717) is 36.6 Å². The number of aliphatic hydroxyl groups is 1. The lowest BCUT2D eigenvalue weighted by molar-refractivity contribution is -0.0327. The number of hydrogen-bond acceptors (Lipinski definition) is 6. The van der Waals surface area contributed by atoms with E-state index in [1.807, 2.05) is 49.4 Å². The zero-order valence-corrected chi connectivity index (χ0v) is 15.8. The van der Waals surface area contributed by atoms with Crippen molar-refractivity contribution in [2.75, 3.05) is 23.7 Å². The minimum Gasteiger partial charge on any atom is -0.507 e. The molecular weight excluding hydrogens is 352 g/mol. The summed E-state index contributed by atoms with van der Waals surface area (Å²) in [5.74, 6) is 0.499. The van der Waals surface area contributed by atoms with Crippen LogP contribution in [0, 0.1) is 5.92 Å². The van der Waals surface area contributed by atoms with Crippen molar-refractivity contribution in [2.45, 2.75) is 18.9 Å². The first-order valence-electron chi connectivity index (χ1n) is 9.43. The fourth-order valence-corrected chi connectivity index (χ4v) is 3.97. The van der Waals surface area contributed by atoms with E-state index in [9.17, 15) is 10.2 Å². The molecule has 2 aromatic carbocycles. The van der Waals surface area contributed by atoms with Gasteiger partial charge in [-0.3, -0.25) is 0 Å². The van der Waals surface area contributed by atoms with Gasteiger partial charge < -0.3 is 20.8 Å². The van der Waals surface area contributed by atoms with Crippen LogP contribution >= 0.6 is 0 Å². The summed E-state index contributed by atoms with van der Waals surface area (Å²) in [7, 11) is 0. The molecule has 2 unspecified atom stereocenters. The van der Waals surface area contributed by atoms with Crippen molar-refractivity contribution in [2.24, 2.45) is 5.92 Å². The fraction of sp³-hybridized carbons (Fsp3) is 0.273. The van der Waals surface area contributed by atoms with Gasteiger partial charge >= 0.3 is 0 Å². The molecule has 2 atom stereocenters. The molecule has 1 fully saturated rings. The number of piperidine rings is 1. The lowest BCUT2D eigenvalue weighted by Gasteiger charge is -2.44. The molecule has 1 saturated heterocycles. The molecule has 0 amide bonds. The molecule has 4 rings (SSSR count). The molecule has 0 radical (unpaired) electrons. The molecule has 0 saturated carbocycles. The number of para-hydroxylation sites is 1. The molecule has 1 aromatic heterocycles. The molecule has 6 nitrogen and oxygen atoms in total. The topological polar surface area (TPSA) is 95.5 Å². The number of phenolic OH excluding ortho intramolecular Hbond substituents is 1. The van der Waals surface area contributed by atoms with E-state index in [2.05, 4.69) is 15.1 Å². The summed E-state index contributed by atoms with van der Waals surface area (Å²) in [5, 5.41) is 29.7. The van der Waals surface area contributed by atoms with Crippen LogP contribution in [-0.4, -0.2) is 33.5 Å². The maximum atomic E-state index is 11.3. The number of phenols is 1. The highest BCUT2D eigenvalue weighted by Gasteiger charge is 2.40. The number of nitrogen functional groups attached to an aromatic ring is 1. The van der Waals surface area contributed by atoms with E-state index in [-0.39, 0.29) is 11.7 Å². The summed E-state index contributed by atoms with van der Waals surface area (Å²) < 4.78 is 0. The SMILES string of the molecule is CC1CN(c2cc(-c3ccccc3O)nnc2N)CCC1(O)c1ccccc1. The van der Waals surface area contributed by atoms with Gasteiger partial charge in [0, 0.05) is 24.6 Å². The van der Waals surface area contributed by atoms with E-state index < -0.39 is 5.60 Å². The van der Waals surface area contributed by atoms with Crippen LogP contribution in [-0.2, 0) is 5.60 Å². The van der Waals surface area contributed by atoms with E-state index in [4.69, 9.17) is 5.73 Å². The highest BCUT2D eigenvalue weighted by atomic mass is 16.3. The van der Waals surface area contributed by atoms with Crippen molar-refractivity contribution in [1.82, 2.24) is 10.2 Å². The van der Waals surface area contributed by atoms with Gasteiger partial charge in [0.1, 0.15) is 5.75 Å². The summed E-state index contributed by atoms with van der Waals surface area (Å²) in [6, 6.07) is 18.7. The third-order valence-electron chi connectivity index (χ3n) is 5.67. The Hall–Kier alpha value is -3.12. The van der Waals surface area contributed by atoms with E-state index in [1.165, 1.54) is 0 Å². The van der Waals surface area contributed by atoms with Gasteiger partial charge in [0.15, 0.2) is 5.82 Å². The molecule has 1 aliphatic heterocycles. The third-order valence-corrected chi connectivity index (χ3v) is 5.67. The van der Waals surface area contributed by atoms with Gasteiger partial charge in [0.05, 0.1) is 17.0 Å². The van der Waals surface area contributed by atoms with Crippen molar-refractivity contribution < 1.29 is 10.2 Å². The Morgan fingerprint density at radius 1 is 1.07 bits per heavy atom. The quantitative estimate of drug-likeness (QED) is 0.650. The van der Waals surface area contributed by atoms with Crippen molar-refractivity contribution in [3.8, 4) is 17.0 Å². The number of benzene rings is 2. The summed E-state index contributed by atoms with van der Waals surface area (Å²) in [4.78, 5) is 2.13. The largest absolute Gasteiger partial charge is 0.507 e. The van der Waals surface area contributed by atoms with E-state index in [0.717, 1.165) is 11.3 Å². The second-order valence-corrected chi connectivity index (χ2v) is 7.40. The van der Waals surface area contributed by atoms with Gasteiger partial charge in [-0.1, -0.05) is 49.4 Å². The molecule has 2 heterocycles. The average Bonchev–Trinajstić information content (AvgIpc) is 2.72. The molecule has 0 aliphatic carbocycles. The molecule has 0 spiro atoms. The highest BCUT2D eigenvalue weighted by Crippen LogP contribution is 2.40. The van der Waals surface area contributed by atoms with Gasteiger partial charge in [-0.15, -0.1) is 10.2 Å². The Morgan fingerprint density at radius 3 is 2.50 bits per heavy atom. The van der Waals surface area contributed by atoms with Crippen LogP contribution in [0.5, 0.6) is 5.75 Å². The molecular formula is C22H24N4O2. The summed E-state index contributed by atoms with van der Waals surface area (Å²) >= 11 is 0. The van der Waals surface area contributed by atoms with Crippen LogP contribution in [0.25, 0.3) is 11.3 Å². The molecule has 4 N–H and O–H groups in total. The number of hydrogen-bond donors (Lipinski definition) is 3. The second kappa shape index (κ2) is 7.13. The van der Waals surface area contributed by atoms with Gasteiger partial charge in [-0.05, 0) is 30.2 Å². The van der Waals surface area contributed by atoms with Crippen molar-refractivity contribution in [3.63, 3.8) is 0 Å². The Kier molecular flexibility index (Phi) is 4.65. The first-order chi connectivity index (χ1) is 13.5. The molecule has 0 bridgehead atoms. The van der Waals surface area contributed by atoms with Crippen molar-refractivity contribution in [3.05, 3.63) is 66.2 Å². The Bertz CT molecular complexity index is 979. The van der Waals surface area contributed by atoms with Gasteiger partial charge in [-0.2, -0.15) is 0 Å². The van der Waals surface area contributed by atoms with Crippen LogP contribution in [0.3, 0.4) is 0 Å². The second-order valence-electron chi connectivity index (χ2n) is 7.40. The highest BCUT2D eigenvalue weighted by molar-refractivity contribution is 5.74. The lowest BCUT2D eigenvalue weighted by Crippen LogP contribution is -2.49. The van der Waals surface area contributed by atoms with Crippen LogP contribution in [0.1, 0.15) is 18.9 Å². The number of aromatic hydroxyl groups is 1. The third kappa shape index (κ3) is 3.16. The normalized spacial score (nSPS) is 22.2. The molecule has 28 heavy (non-hydrogen) atoms. The Morgan fingerprint density at radius 2 is 1.79 bits per heavy atom. The zero-order chi connectivity index (χ0) is 19.7. The maximum absolute atomic E-state index is 11.3. The average molecular weight is 376 g/mol. The minimum absolute atomic E-state index is 0.00444. The molecule has 144 valence electrons. The number of aromatic nitrogens is 2. The molecule has 6 heteroatoms. The number of rotatable bonds is 3. The molecule has 1 aliphatic rings. The van der Waals surface area contributed by atoms with Gasteiger partial charge in [-0.25, -0.2) is 0 Å². The van der Waals surface area contributed by atoms with Crippen LogP contribution in [0.4, 0.5) is 11.5 Å². The Balaban J connectivity index is 1.63.